The second-order valence-electron chi connectivity index (χ2n) is 17.8. The Morgan fingerprint density at radius 1 is 0.870 bits per heavy atom. The normalized spacial score (nSPS) is 21.1. The molecule has 69 heavy (non-hydrogen) atoms. The first kappa shape index (κ1) is 59.9. The van der Waals surface area contributed by atoms with Crippen LogP contribution in [0.4, 0.5) is 0 Å². The lowest BCUT2D eigenvalue weighted by Crippen LogP contribution is -2.56. The number of nitrogens with zero attached hydrogens (tertiary/aromatic N) is 4. The maximum absolute atomic E-state index is 13.9. The second kappa shape index (κ2) is 31.1. The number of carboxylic acids is 1. The van der Waals surface area contributed by atoms with Crippen molar-refractivity contribution in [3.63, 3.8) is 0 Å². The van der Waals surface area contributed by atoms with Crippen LogP contribution < -0.4 is 10.6 Å². The molecule has 1 aliphatic carbocycles. The molecule has 9 atom stereocenters. The largest absolute Gasteiger partial charge is 0.480 e. The number of amides is 7. The van der Waals surface area contributed by atoms with E-state index in [9.17, 15) is 38.4 Å². The Balaban J connectivity index is 0.00000120. The van der Waals surface area contributed by atoms with Crippen molar-refractivity contribution in [2.45, 2.75) is 150 Å². The van der Waals surface area contributed by atoms with Crippen molar-refractivity contribution in [2.24, 2.45) is 17.8 Å². The van der Waals surface area contributed by atoms with Crippen LogP contribution in [-0.2, 0) is 52.6 Å². The molecule has 0 aromatic heterocycles. The summed E-state index contributed by atoms with van der Waals surface area (Å²) in [6.07, 6.45) is 6.45. The zero-order valence-corrected chi connectivity index (χ0v) is 43.1. The number of carbonyl (C=O) groups is 8. The molecule has 9 unspecified atom stereocenters. The molecule has 0 spiro atoms. The van der Waals surface area contributed by atoms with Gasteiger partial charge in [-0.2, -0.15) is 0 Å². The number of hydrogen-bond donors (Lipinski definition) is 3. The summed E-state index contributed by atoms with van der Waals surface area (Å²) in [5.74, 6) is -4.59. The van der Waals surface area contributed by atoms with Crippen LogP contribution in [0.3, 0.4) is 0 Å². The molecular weight excluding hydrogens is 889 g/mol. The smallest absolute Gasteiger partial charge is 0.322 e. The molecule has 3 fully saturated rings. The number of benzene rings is 1. The van der Waals surface area contributed by atoms with E-state index in [1.165, 1.54) is 43.3 Å². The number of likely N-dealkylation sites (N-methyl/N-ethyl adjacent to an activating group) is 1. The average Bonchev–Trinajstić information content (AvgIpc) is 4.17. The zero-order valence-electron chi connectivity index (χ0n) is 43.1. The van der Waals surface area contributed by atoms with Gasteiger partial charge in [0, 0.05) is 46.0 Å². The number of hydrogen-bond acceptors (Lipinski definition) is 11. The molecule has 0 radical (unpaired) electrons. The monoisotopic (exact) mass is 971 g/mol. The molecule has 5 rings (SSSR count). The molecule has 1 aromatic rings. The molecule has 3 heterocycles. The van der Waals surface area contributed by atoms with Crippen LogP contribution >= 0.6 is 0 Å². The molecule has 18 heteroatoms. The van der Waals surface area contributed by atoms with Crippen LogP contribution in [0, 0.1) is 24.7 Å². The van der Waals surface area contributed by atoms with Gasteiger partial charge in [0.05, 0.1) is 69.4 Å². The summed E-state index contributed by atoms with van der Waals surface area (Å²) in [4.78, 5) is 108. The first-order chi connectivity index (χ1) is 32.9. The Labute approximate surface area is 410 Å². The first-order valence-corrected chi connectivity index (χ1v) is 24.8. The third kappa shape index (κ3) is 17.6. The lowest BCUT2D eigenvalue weighted by atomic mass is 9.90. The number of piperidine rings is 1. The van der Waals surface area contributed by atoms with Gasteiger partial charge in [0.15, 0.2) is 0 Å². The highest BCUT2D eigenvalue weighted by Gasteiger charge is 2.51. The van der Waals surface area contributed by atoms with Crippen LogP contribution in [0.2, 0.25) is 0 Å². The number of nitrogens with one attached hydrogen (secondary N) is 2. The summed E-state index contributed by atoms with van der Waals surface area (Å²) >= 11 is 0. The Bertz CT molecular complexity index is 1830. The summed E-state index contributed by atoms with van der Waals surface area (Å²) in [6, 6.07) is 8.50. The molecule has 3 N–H and O–H groups in total. The van der Waals surface area contributed by atoms with Gasteiger partial charge in [0.2, 0.25) is 29.5 Å². The first-order valence-electron chi connectivity index (χ1n) is 24.8. The highest BCUT2D eigenvalue weighted by molar-refractivity contribution is 6.12. The minimum absolute atomic E-state index is 0.0218. The molecule has 2 saturated heterocycles. The quantitative estimate of drug-likeness (QED) is 0.109. The van der Waals surface area contributed by atoms with E-state index in [0.717, 1.165) is 17.7 Å². The standard InChI is InChI=1S/C39H60N6O12.C7H8.C3H8.C2H6/c1-7-23(2)35(28(55-5)20-32(49)43-15-8-9-27(43)37(56-6)24(3)38(53)41-22-34(51)52)42(4)33(50)21-40-39(54)36-25-10-11-26(19-25)45(36)31(48)14-17-57-18-16-44-29(46)12-13-30(44)47;1-7-5-3-2-4-6-7;1-3-2;1-2/h12-13,23-28,35-37H,7-11,14-22H2,1-6H3,(H,40,54)(H,41,53)(H,51,52);2-6H,1H3;3H2,1-2H3;1-2H3. The van der Waals surface area contributed by atoms with E-state index in [-0.39, 0.29) is 74.7 Å². The topological polar surface area (TPSA) is 222 Å². The number of methoxy groups -OCH3 is 2. The van der Waals surface area contributed by atoms with E-state index in [1.807, 2.05) is 45.9 Å². The predicted molar refractivity (Wildman–Crippen MR) is 261 cm³/mol. The lowest BCUT2D eigenvalue weighted by molar-refractivity contribution is -0.147. The fraction of sp³-hybridized carbons (Fsp3) is 0.686. The maximum Gasteiger partial charge on any atom is 0.322 e. The van der Waals surface area contributed by atoms with Gasteiger partial charge in [0.25, 0.3) is 11.8 Å². The van der Waals surface area contributed by atoms with Crippen LogP contribution in [0.5, 0.6) is 0 Å². The van der Waals surface area contributed by atoms with E-state index >= 15 is 0 Å². The molecule has 2 bridgehead atoms. The molecule has 1 saturated carbocycles. The molecule has 18 nitrogen and oxygen atoms in total. The number of rotatable bonds is 22. The van der Waals surface area contributed by atoms with Crippen LogP contribution in [0.15, 0.2) is 42.5 Å². The van der Waals surface area contributed by atoms with Gasteiger partial charge in [-0.05, 0) is 50.9 Å². The van der Waals surface area contributed by atoms with Crippen molar-refractivity contribution in [1.82, 2.24) is 30.2 Å². The number of aryl methyl sites for hydroxylation is 1. The Hall–Kier alpha value is -5.20. The Morgan fingerprint density at radius 2 is 1.51 bits per heavy atom. The number of carbonyl (C=O) groups excluding carboxylic acids is 7. The van der Waals surface area contributed by atoms with E-state index in [1.54, 1.807) is 23.8 Å². The number of likely N-dealkylation sites (tertiary alicyclic amines) is 2. The van der Waals surface area contributed by atoms with E-state index in [0.29, 0.717) is 32.2 Å². The fourth-order valence-electron chi connectivity index (χ4n) is 9.46. The third-order valence-electron chi connectivity index (χ3n) is 13.0. The molecule has 388 valence electrons. The SMILES string of the molecule is CC.CCC.CCC(C)C(C(CC(=O)N1CCCC1C(OC)C(C)C(=O)NCC(=O)O)OC)N(C)C(=O)CNC(=O)C1C2CCC(C2)N1C(=O)CCOCCN1C(=O)C=CC1=O.Cc1ccccc1. The van der Waals surface area contributed by atoms with Crippen LogP contribution in [0.1, 0.15) is 112 Å². The maximum atomic E-state index is 13.9. The summed E-state index contributed by atoms with van der Waals surface area (Å²) in [5.41, 5.74) is 1.32. The molecular formula is C51H82N6O12. The zero-order chi connectivity index (χ0) is 51.8. The Morgan fingerprint density at radius 3 is 2.06 bits per heavy atom. The Kier molecular flexibility index (Phi) is 27.0. The van der Waals surface area contributed by atoms with Crippen molar-refractivity contribution in [3.05, 3.63) is 48.0 Å². The summed E-state index contributed by atoms with van der Waals surface area (Å²) < 4.78 is 17.1. The van der Waals surface area contributed by atoms with Gasteiger partial charge in [-0.3, -0.25) is 43.3 Å². The molecule has 4 aliphatic rings. The molecule has 3 aliphatic heterocycles. The fourth-order valence-corrected chi connectivity index (χ4v) is 9.46. The van der Waals surface area contributed by atoms with Crippen molar-refractivity contribution in [2.75, 3.05) is 60.7 Å². The van der Waals surface area contributed by atoms with E-state index < -0.39 is 72.4 Å². The molecule has 7 amide bonds. The third-order valence-corrected chi connectivity index (χ3v) is 13.0. The number of aliphatic carboxylic acids is 1. The van der Waals surface area contributed by atoms with E-state index in [4.69, 9.17) is 19.3 Å². The number of fused-ring (bicyclic) bond motifs is 2. The lowest BCUT2D eigenvalue weighted by Gasteiger charge is -2.39. The second-order valence-corrected chi connectivity index (χ2v) is 17.8. The van der Waals surface area contributed by atoms with Crippen LogP contribution in [-0.4, -0.2) is 169 Å². The average molecular weight is 971 g/mol. The van der Waals surface area contributed by atoms with Crippen molar-refractivity contribution in [3.8, 4) is 0 Å². The highest BCUT2D eigenvalue weighted by Crippen LogP contribution is 2.43. The summed E-state index contributed by atoms with van der Waals surface area (Å²) in [7, 11) is 4.57. The minimum atomic E-state index is -1.17. The van der Waals surface area contributed by atoms with Gasteiger partial charge < -0.3 is 44.7 Å². The number of imide groups is 1. The summed E-state index contributed by atoms with van der Waals surface area (Å²) in [6.45, 7) is 15.7. The predicted octanol–water partition coefficient (Wildman–Crippen LogP) is 4.37. The number of carboxylic acid groups (broad SMARTS) is 1. The van der Waals surface area contributed by atoms with Crippen molar-refractivity contribution < 1.29 is 57.7 Å². The highest BCUT2D eigenvalue weighted by atomic mass is 16.5. The van der Waals surface area contributed by atoms with Gasteiger partial charge in [0.1, 0.15) is 12.6 Å². The molecule has 1 aromatic carbocycles. The number of ether oxygens (including phenoxy) is 3. The van der Waals surface area contributed by atoms with Gasteiger partial charge in [-0.25, -0.2) is 0 Å². The van der Waals surface area contributed by atoms with Crippen LogP contribution in [0.25, 0.3) is 0 Å². The van der Waals surface area contributed by atoms with Gasteiger partial charge >= 0.3 is 5.97 Å². The summed E-state index contributed by atoms with van der Waals surface area (Å²) in [5, 5.41) is 14.1. The van der Waals surface area contributed by atoms with Gasteiger partial charge in [-0.15, -0.1) is 0 Å². The van der Waals surface area contributed by atoms with Crippen molar-refractivity contribution in [1.29, 1.82) is 0 Å². The van der Waals surface area contributed by atoms with E-state index in [2.05, 4.69) is 43.5 Å². The minimum Gasteiger partial charge on any atom is -0.480 e. The van der Waals surface area contributed by atoms with Gasteiger partial charge in [-0.1, -0.05) is 97.2 Å². The van der Waals surface area contributed by atoms with Crippen molar-refractivity contribution >= 4 is 47.3 Å².